The van der Waals surface area contributed by atoms with E-state index in [0.29, 0.717) is 11.4 Å². The highest BCUT2D eigenvalue weighted by atomic mass is 19.3. The molecule has 170 valence electrons. The van der Waals surface area contributed by atoms with E-state index in [1.807, 2.05) is 24.6 Å². The van der Waals surface area contributed by atoms with Gasteiger partial charge in [0.05, 0.1) is 24.0 Å². The molecule has 3 aromatic rings. The Hall–Kier alpha value is -3.23. The number of hydrogen-bond acceptors (Lipinski definition) is 4. The normalized spacial score (nSPS) is 17.7. The lowest BCUT2D eigenvalue weighted by Crippen LogP contribution is -2.39. The molecule has 1 atom stereocenters. The maximum Gasteiger partial charge on any atom is 0.272 e. The first-order valence-electron chi connectivity index (χ1n) is 10.8. The number of likely N-dealkylation sites (tertiary alicyclic amines) is 1. The Balaban J connectivity index is 1.54. The molecule has 1 N–H and O–H groups in total. The summed E-state index contributed by atoms with van der Waals surface area (Å²) in [5, 5.41) is 11.6. The van der Waals surface area contributed by atoms with Gasteiger partial charge in [0, 0.05) is 24.2 Å². The molecule has 3 heterocycles. The van der Waals surface area contributed by atoms with Crippen LogP contribution in [0, 0.1) is 13.8 Å². The number of carbonyl (C=O) groups excluding carboxylic acids is 1. The molecule has 0 aliphatic carbocycles. The summed E-state index contributed by atoms with van der Waals surface area (Å²) in [7, 11) is 0. The number of amides is 1. The number of aryl methyl sites for hydroxylation is 2. The lowest BCUT2D eigenvalue weighted by atomic mass is 10.1. The fourth-order valence-corrected chi connectivity index (χ4v) is 4.20. The summed E-state index contributed by atoms with van der Waals surface area (Å²) >= 11 is 0. The monoisotopic (exact) mass is 443 g/mol. The maximum atomic E-state index is 14.2. The Bertz CT molecular complexity index is 1090. The summed E-state index contributed by atoms with van der Waals surface area (Å²) in [5.74, 6) is -2.90. The predicted octanol–water partition coefficient (Wildman–Crippen LogP) is 4.23. The van der Waals surface area contributed by atoms with Crippen LogP contribution in [0.4, 0.5) is 8.78 Å². The van der Waals surface area contributed by atoms with Gasteiger partial charge in [0.2, 0.25) is 0 Å². The first kappa shape index (κ1) is 22.0. The minimum Gasteiger partial charge on any atom is -0.491 e. The Morgan fingerprint density at radius 3 is 2.75 bits per heavy atom. The first-order chi connectivity index (χ1) is 15.3. The van der Waals surface area contributed by atoms with Crippen molar-refractivity contribution in [3.8, 4) is 17.0 Å². The molecule has 0 saturated carbocycles. The molecule has 7 nitrogen and oxygen atoms in total. The summed E-state index contributed by atoms with van der Waals surface area (Å²) in [6.07, 6.45) is 0.510. The molecule has 0 bridgehead atoms. The van der Waals surface area contributed by atoms with Crippen LogP contribution in [0.25, 0.3) is 11.3 Å². The molecule has 1 aliphatic heterocycles. The quantitative estimate of drug-likeness (QED) is 0.593. The maximum absolute atomic E-state index is 14.2. The van der Waals surface area contributed by atoms with E-state index in [1.165, 1.54) is 4.90 Å². The first-order valence-corrected chi connectivity index (χ1v) is 10.8. The van der Waals surface area contributed by atoms with E-state index in [1.54, 1.807) is 30.3 Å². The van der Waals surface area contributed by atoms with E-state index in [2.05, 4.69) is 22.2 Å². The Labute approximate surface area is 185 Å². The molecule has 1 saturated heterocycles. The van der Waals surface area contributed by atoms with E-state index < -0.39 is 30.8 Å². The number of rotatable bonds is 7. The fraction of sp³-hybridized carbons (Fsp3) is 0.435. The van der Waals surface area contributed by atoms with Gasteiger partial charge in [-0.2, -0.15) is 10.2 Å². The molecule has 1 aromatic carbocycles. The number of hydrogen-bond donors (Lipinski definition) is 1. The van der Waals surface area contributed by atoms with Gasteiger partial charge in [0.15, 0.2) is 0 Å². The number of nitrogens with zero attached hydrogens (tertiary/aromatic N) is 4. The summed E-state index contributed by atoms with van der Waals surface area (Å²) in [4.78, 5) is 14.3. The molecule has 32 heavy (non-hydrogen) atoms. The number of benzene rings is 1. The fourth-order valence-electron chi connectivity index (χ4n) is 4.20. The van der Waals surface area contributed by atoms with Crippen molar-refractivity contribution in [1.82, 2.24) is 24.9 Å². The van der Waals surface area contributed by atoms with Gasteiger partial charge in [-0.05, 0) is 38.5 Å². The van der Waals surface area contributed by atoms with Gasteiger partial charge < -0.3 is 9.64 Å². The second-order valence-electron chi connectivity index (χ2n) is 8.21. The van der Waals surface area contributed by atoms with Crippen LogP contribution < -0.4 is 4.74 Å². The highest BCUT2D eigenvalue weighted by Crippen LogP contribution is 2.34. The number of carbonyl (C=O) groups is 1. The second-order valence-corrected chi connectivity index (χ2v) is 8.21. The minimum absolute atomic E-state index is 0.00561. The van der Waals surface area contributed by atoms with Crippen LogP contribution in [0.3, 0.4) is 0 Å². The molecule has 1 aliphatic rings. The van der Waals surface area contributed by atoms with Crippen molar-refractivity contribution in [1.29, 1.82) is 0 Å². The smallest absolute Gasteiger partial charge is 0.272 e. The van der Waals surface area contributed by atoms with Crippen molar-refractivity contribution >= 4 is 5.91 Å². The van der Waals surface area contributed by atoms with Crippen molar-refractivity contribution in [2.24, 2.45) is 0 Å². The molecule has 1 amide bonds. The number of nitrogens with one attached hydrogen (secondary N) is 1. The number of halogens is 2. The molecule has 0 spiro atoms. The van der Waals surface area contributed by atoms with E-state index in [0.717, 1.165) is 29.9 Å². The number of aromatic nitrogens is 4. The molecule has 0 radical (unpaired) electrons. The zero-order valence-corrected chi connectivity index (χ0v) is 18.4. The summed E-state index contributed by atoms with van der Waals surface area (Å²) in [6.45, 7) is 6.06. The lowest BCUT2D eigenvalue weighted by Gasteiger charge is -2.23. The van der Waals surface area contributed by atoms with Gasteiger partial charge >= 0.3 is 0 Å². The number of aromatic amines is 1. The number of ether oxygens (including phenoxy) is 1. The van der Waals surface area contributed by atoms with Crippen LogP contribution in [0.2, 0.25) is 0 Å². The third-order valence-electron chi connectivity index (χ3n) is 5.70. The Kier molecular flexibility index (Phi) is 5.99. The third-order valence-corrected chi connectivity index (χ3v) is 5.70. The van der Waals surface area contributed by atoms with Gasteiger partial charge in [-0.15, -0.1) is 0 Å². The van der Waals surface area contributed by atoms with Crippen molar-refractivity contribution in [2.75, 3.05) is 13.2 Å². The average Bonchev–Trinajstić information content (AvgIpc) is 3.43. The summed E-state index contributed by atoms with van der Waals surface area (Å²) in [6, 6.07) is 9.84. The molecular weight excluding hydrogens is 416 g/mol. The van der Waals surface area contributed by atoms with E-state index in [-0.39, 0.29) is 12.3 Å². The Morgan fingerprint density at radius 1 is 1.28 bits per heavy atom. The zero-order chi connectivity index (χ0) is 22.9. The third kappa shape index (κ3) is 4.37. The van der Waals surface area contributed by atoms with Crippen molar-refractivity contribution in [2.45, 2.75) is 52.1 Å². The predicted molar refractivity (Wildman–Crippen MR) is 116 cm³/mol. The Morgan fingerprint density at radius 2 is 2.03 bits per heavy atom. The number of para-hydroxylation sites is 1. The van der Waals surface area contributed by atoms with Crippen molar-refractivity contribution in [3.05, 3.63) is 53.5 Å². The molecule has 0 unspecified atom stereocenters. The van der Waals surface area contributed by atoms with E-state index in [4.69, 9.17) is 4.74 Å². The van der Waals surface area contributed by atoms with Crippen molar-refractivity contribution < 1.29 is 18.3 Å². The average molecular weight is 443 g/mol. The molecule has 9 heteroatoms. The van der Waals surface area contributed by atoms with Gasteiger partial charge in [0.25, 0.3) is 11.8 Å². The SMILES string of the molecule is CCCn1nc(C)c(-c2cc(C(=O)N3CC(F)(F)C[C@H]3COc3ccccc3)[nH]n2)c1C. The molecule has 1 fully saturated rings. The highest BCUT2D eigenvalue weighted by Gasteiger charge is 2.47. The van der Waals surface area contributed by atoms with Gasteiger partial charge in [-0.1, -0.05) is 25.1 Å². The molecule has 2 aromatic heterocycles. The summed E-state index contributed by atoms with van der Waals surface area (Å²) in [5.41, 5.74) is 3.36. The lowest BCUT2D eigenvalue weighted by molar-refractivity contribution is 0.0115. The standard InChI is InChI=1S/C23H27F2N5O2/c1-4-10-30-16(3)21(15(2)28-30)19-11-20(27-26-19)22(31)29-14-23(24,25)12-17(29)13-32-18-8-6-5-7-9-18/h5-9,11,17H,4,10,12-14H2,1-3H3,(H,26,27)/t17-/m0/s1. The van der Waals surface area contributed by atoms with Crippen LogP contribution >= 0.6 is 0 Å². The van der Waals surface area contributed by atoms with Gasteiger partial charge in [0.1, 0.15) is 18.1 Å². The highest BCUT2D eigenvalue weighted by molar-refractivity contribution is 5.94. The van der Waals surface area contributed by atoms with Crippen LogP contribution in [0.1, 0.15) is 41.6 Å². The molecular formula is C23H27F2N5O2. The largest absolute Gasteiger partial charge is 0.491 e. The number of H-pyrrole nitrogens is 1. The second kappa shape index (κ2) is 8.72. The molecule has 4 rings (SSSR count). The zero-order valence-electron chi connectivity index (χ0n) is 18.4. The topological polar surface area (TPSA) is 76.0 Å². The van der Waals surface area contributed by atoms with Gasteiger partial charge in [-0.25, -0.2) is 8.78 Å². The van der Waals surface area contributed by atoms with Gasteiger partial charge in [-0.3, -0.25) is 14.6 Å². The van der Waals surface area contributed by atoms with Crippen LogP contribution in [-0.4, -0.2) is 55.9 Å². The van der Waals surface area contributed by atoms with E-state index in [9.17, 15) is 13.6 Å². The minimum atomic E-state index is -2.96. The van der Waals surface area contributed by atoms with E-state index >= 15 is 0 Å². The van der Waals surface area contributed by atoms with Crippen molar-refractivity contribution in [3.63, 3.8) is 0 Å². The van der Waals surface area contributed by atoms with Crippen LogP contribution in [-0.2, 0) is 6.54 Å². The number of alkyl halides is 2. The van der Waals surface area contributed by atoms with Crippen LogP contribution in [0.5, 0.6) is 5.75 Å². The van der Waals surface area contributed by atoms with Crippen LogP contribution in [0.15, 0.2) is 36.4 Å². The summed E-state index contributed by atoms with van der Waals surface area (Å²) < 4.78 is 36.0.